The van der Waals surface area contributed by atoms with E-state index in [9.17, 15) is 43.5 Å². The normalized spacial score (nSPS) is 14.7. The molecule has 5 unspecified atom stereocenters. The van der Waals surface area contributed by atoms with Crippen molar-refractivity contribution in [2.45, 2.75) is 373 Å². The lowest BCUT2D eigenvalue weighted by molar-refractivity contribution is -0.161. The number of hydrogen-bond donors (Lipinski definition) is 4. The molecule has 0 radical (unpaired) electrons. The number of ether oxygens (including phenoxy) is 3. The average Bonchev–Trinajstić information content (AvgIpc) is 0.926. The van der Waals surface area contributed by atoms with Gasteiger partial charge in [0.25, 0.3) is 0 Å². The summed E-state index contributed by atoms with van der Waals surface area (Å²) in [5.74, 6) is -1.60. The second-order valence-electron chi connectivity index (χ2n) is 29.6. The van der Waals surface area contributed by atoms with Crippen molar-refractivity contribution >= 4 is 33.6 Å². The van der Waals surface area contributed by atoms with Crippen molar-refractivity contribution in [1.29, 1.82) is 0 Å². The highest BCUT2D eigenvalue weighted by Crippen LogP contribution is 2.45. The van der Waals surface area contributed by atoms with Crippen LogP contribution in [0.4, 0.5) is 0 Å². The monoisotopic (exact) mass is 1650 g/mol. The molecule has 0 aromatic carbocycles. The molecular formula is C97H162O16P2. The first-order chi connectivity index (χ1) is 56.2. The quantitative estimate of drug-likeness (QED) is 0.0146. The minimum atomic E-state index is -4.95. The average molecular weight is 1650 g/mol. The van der Waals surface area contributed by atoms with Crippen LogP contribution in [-0.4, -0.2) is 95.9 Å². The molecule has 0 amide bonds. The highest BCUT2D eigenvalue weighted by molar-refractivity contribution is 7.47. The predicted octanol–water partition coefficient (Wildman–Crippen LogP) is 27.7. The largest absolute Gasteiger partial charge is 0.472 e. The predicted molar refractivity (Wildman–Crippen MR) is 481 cm³/mol. The molecule has 16 nitrogen and oxygen atoms in total. The Labute approximate surface area is 700 Å². The van der Waals surface area contributed by atoms with E-state index in [0.717, 1.165) is 173 Å². The van der Waals surface area contributed by atoms with Crippen molar-refractivity contribution in [3.8, 4) is 0 Å². The van der Waals surface area contributed by atoms with Gasteiger partial charge in [0, 0.05) is 19.3 Å². The molecule has 0 heterocycles. The van der Waals surface area contributed by atoms with Crippen molar-refractivity contribution in [2.24, 2.45) is 0 Å². The van der Waals surface area contributed by atoms with E-state index in [0.29, 0.717) is 19.3 Å². The summed E-state index contributed by atoms with van der Waals surface area (Å²) in [6, 6.07) is 0. The molecule has 0 fully saturated rings. The third-order valence-electron chi connectivity index (χ3n) is 18.6. The first kappa shape index (κ1) is 110. The van der Waals surface area contributed by atoms with Crippen molar-refractivity contribution < 1.29 is 75.8 Å². The SMILES string of the molecule is CC/C=C\C/C=C\C/C=C\C/C=C\C/C=C\C/C=C\CCCCCCCCCCCCCCCCCCC(=O)OCC(O)COP(=O)(O)OCC(O)COP(=O)(O)OCC(COC(=O)CCCCCCCCCCCCC/C=C\C/C=C\C/C=C\C/C=C\C/C=C\CC)OC(=O)CCCCCC/C=C\C/C=C\C/C=C\C/C=C\CC. The van der Waals surface area contributed by atoms with E-state index in [1.54, 1.807) is 0 Å². The third kappa shape index (κ3) is 89.3. The van der Waals surface area contributed by atoms with Gasteiger partial charge in [0.15, 0.2) is 6.10 Å². The number of carbonyl (C=O) groups excluding carboxylic acids is 3. The molecule has 0 aromatic rings. The number of hydrogen-bond acceptors (Lipinski definition) is 14. The van der Waals surface area contributed by atoms with Crippen LogP contribution in [0.3, 0.4) is 0 Å². The van der Waals surface area contributed by atoms with Crippen LogP contribution < -0.4 is 0 Å². The Morgan fingerprint density at radius 1 is 0.243 bits per heavy atom. The van der Waals surface area contributed by atoms with Gasteiger partial charge in [-0.3, -0.25) is 32.5 Å². The maximum atomic E-state index is 13.0. The van der Waals surface area contributed by atoms with Crippen LogP contribution in [-0.2, 0) is 55.8 Å². The van der Waals surface area contributed by atoms with E-state index in [4.69, 9.17) is 32.3 Å². The molecule has 0 aliphatic carbocycles. The van der Waals surface area contributed by atoms with Crippen LogP contribution in [0.15, 0.2) is 182 Å². The molecule has 0 aromatic heterocycles. The summed E-state index contributed by atoms with van der Waals surface area (Å²) in [4.78, 5) is 58.9. The first-order valence-corrected chi connectivity index (χ1v) is 48.1. The zero-order valence-corrected chi connectivity index (χ0v) is 73.9. The van der Waals surface area contributed by atoms with Gasteiger partial charge in [0.05, 0.1) is 26.4 Å². The topological polar surface area (TPSA) is 231 Å². The number of unbranched alkanes of at least 4 members (excludes halogenated alkanes) is 31. The van der Waals surface area contributed by atoms with Gasteiger partial charge < -0.3 is 34.2 Å². The van der Waals surface area contributed by atoms with Gasteiger partial charge in [-0.15, -0.1) is 0 Å². The van der Waals surface area contributed by atoms with Crippen molar-refractivity contribution in [3.63, 3.8) is 0 Å². The van der Waals surface area contributed by atoms with Crippen molar-refractivity contribution in [1.82, 2.24) is 0 Å². The van der Waals surface area contributed by atoms with Crippen LogP contribution in [0.1, 0.15) is 355 Å². The molecule has 0 saturated heterocycles. The molecule has 0 rings (SSSR count). The summed E-state index contributed by atoms with van der Waals surface area (Å²) in [6.07, 6.45) is 115. The highest BCUT2D eigenvalue weighted by atomic mass is 31.2. The number of carbonyl (C=O) groups is 3. The Balaban J connectivity index is 4.50. The van der Waals surface area contributed by atoms with Gasteiger partial charge >= 0.3 is 33.6 Å². The summed E-state index contributed by atoms with van der Waals surface area (Å²) in [5, 5.41) is 20.7. The van der Waals surface area contributed by atoms with Crippen molar-refractivity contribution in [2.75, 3.05) is 39.6 Å². The molecule has 0 spiro atoms. The summed E-state index contributed by atoms with van der Waals surface area (Å²) in [7, 11) is -9.82. The van der Waals surface area contributed by atoms with E-state index in [-0.39, 0.29) is 19.3 Å². The number of aliphatic hydroxyl groups is 2. The van der Waals surface area contributed by atoms with Crippen LogP contribution >= 0.6 is 15.6 Å². The molecule has 5 atom stereocenters. The molecule has 0 saturated carbocycles. The van der Waals surface area contributed by atoms with Crippen LogP contribution in [0, 0.1) is 0 Å². The number of aliphatic hydroxyl groups excluding tert-OH is 2. The van der Waals surface area contributed by atoms with Gasteiger partial charge in [0.1, 0.15) is 25.4 Å². The zero-order valence-electron chi connectivity index (χ0n) is 72.1. The number of esters is 3. The third-order valence-corrected chi connectivity index (χ3v) is 20.5. The standard InChI is InChI=1S/C97H162O16P2/c1-4-7-10-13-16-19-22-25-28-31-33-35-37-39-41-42-43-44-45-46-47-48-50-52-53-55-57-60-62-65-68-71-74-77-80-83-95(100)107-86-92(98)87-109-114(103,104)110-88-93(99)89-111-115(105,106)112-91-94(113-97(102)85-82-79-76-73-70-67-64-59-30-27-24-21-18-15-12-9-6-3)90-108-96(101)84-81-78-75-72-69-66-63-61-58-56-54-51-49-40-38-36-34-32-29-26-23-20-17-14-11-8-5-2/h7-12,16-21,25-30,33-36,39-41,43-44,49,64,67,92-94,98-99H,4-6,13-15,22-24,31-32,37-38,42,45-48,50-63,65-66,68-91H2,1-3H3,(H,103,104)(H,105,106)/b10-7-,11-8-,12-9-,19-16-,20-17-,21-18-,28-25-,29-26-,30-27-,35-33-,36-34-,41-39-,44-43-,49-40-,67-64-. The second kappa shape index (κ2) is 87.9. The summed E-state index contributed by atoms with van der Waals surface area (Å²) >= 11 is 0. The van der Waals surface area contributed by atoms with E-state index in [2.05, 4.69) is 203 Å². The molecule has 0 aliphatic rings. The summed E-state index contributed by atoms with van der Waals surface area (Å²) in [5.41, 5.74) is 0. The Morgan fingerprint density at radius 3 is 0.687 bits per heavy atom. The second-order valence-corrected chi connectivity index (χ2v) is 32.5. The van der Waals surface area contributed by atoms with Gasteiger partial charge in [-0.1, -0.05) is 364 Å². The fourth-order valence-corrected chi connectivity index (χ4v) is 13.5. The minimum absolute atomic E-state index is 0.0715. The Hall–Kier alpha value is -5.35. The fraction of sp³-hybridized carbons (Fsp3) is 0.660. The minimum Gasteiger partial charge on any atom is -0.463 e. The lowest BCUT2D eigenvalue weighted by atomic mass is 10.0. The van der Waals surface area contributed by atoms with E-state index >= 15 is 0 Å². The zero-order chi connectivity index (χ0) is 83.6. The Kier molecular flexibility index (Phi) is 83.9. The van der Waals surface area contributed by atoms with Crippen LogP contribution in [0.5, 0.6) is 0 Å². The number of allylic oxidation sites excluding steroid dienone is 30. The Morgan fingerprint density at radius 2 is 0.435 bits per heavy atom. The summed E-state index contributed by atoms with van der Waals surface area (Å²) in [6.45, 7) is 2.33. The lowest BCUT2D eigenvalue weighted by Crippen LogP contribution is -2.30. The van der Waals surface area contributed by atoms with Gasteiger partial charge in [0.2, 0.25) is 0 Å². The van der Waals surface area contributed by atoms with E-state index < -0.39 is 91.5 Å². The van der Waals surface area contributed by atoms with Crippen LogP contribution in [0.2, 0.25) is 0 Å². The van der Waals surface area contributed by atoms with E-state index in [1.165, 1.54) is 122 Å². The maximum Gasteiger partial charge on any atom is 0.472 e. The fourth-order valence-electron chi connectivity index (χ4n) is 11.9. The molecule has 0 bridgehead atoms. The smallest absolute Gasteiger partial charge is 0.463 e. The number of rotatable bonds is 84. The maximum absolute atomic E-state index is 13.0. The number of phosphoric ester groups is 2. The van der Waals surface area contributed by atoms with Crippen LogP contribution in [0.25, 0.3) is 0 Å². The first-order valence-electron chi connectivity index (χ1n) is 45.1. The lowest BCUT2D eigenvalue weighted by Gasteiger charge is -2.21. The molecule has 0 aliphatic heterocycles. The number of phosphoric acid groups is 2. The molecular weight excluding hydrogens is 1480 g/mol. The molecule has 115 heavy (non-hydrogen) atoms. The van der Waals surface area contributed by atoms with Gasteiger partial charge in [-0.05, 0) is 154 Å². The van der Waals surface area contributed by atoms with Crippen molar-refractivity contribution in [3.05, 3.63) is 182 Å². The Bertz CT molecular complexity index is 2820. The van der Waals surface area contributed by atoms with Gasteiger partial charge in [-0.25, -0.2) is 9.13 Å². The summed E-state index contributed by atoms with van der Waals surface area (Å²) < 4.78 is 61.4. The van der Waals surface area contributed by atoms with E-state index in [1.807, 2.05) is 0 Å². The van der Waals surface area contributed by atoms with Gasteiger partial charge in [-0.2, -0.15) is 0 Å². The molecule has 18 heteroatoms. The highest BCUT2D eigenvalue weighted by Gasteiger charge is 2.29. The molecule has 4 N–H and O–H groups in total. The molecule has 656 valence electrons.